The largest absolute Gasteiger partial charge is 0.493 e. The van der Waals surface area contributed by atoms with Gasteiger partial charge < -0.3 is 14.8 Å². The Hall–Kier alpha value is -3.76. The number of halogens is 3. The van der Waals surface area contributed by atoms with E-state index in [1.54, 1.807) is 25.2 Å². The molecule has 1 atom stereocenters. The fourth-order valence-electron chi connectivity index (χ4n) is 5.36. The molecule has 0 amide bonds. The average Bonchev–Trinajstić information content (AvgIpc) is 3.63. The second kappa shape index (κ2) is 12.6. The highest BCUT2D eigenvalue weighted by atomic mass is 32.2. The SMILES string of the molecule is CNCc1cc(-c2ccc(OC(C)c3c(F)cccc3F)cc2F)n(S(=O)(=O)c2cccc(OCC3CCCC3)c2)c1. The van der Waals surface area contributed by atoms with Crippen molar-refractivity contribution in [3.8, 4) is 22.8 Å². The fourth-order valence-corrected chi connectivity index (χ4v) is 6.79. The summed E-state index contributed by atoms with van der Waals surface area (Å²) in [5.74, 6) is -1.34. The van der Waals surface area contributed by atoms with Crippen LogP contribution in [-0.4, -0.2) is 26.0 Å². The molecule has 4 aromatic rings. The minimum absolute atomic E-state index is 0.0142. The third-order valence-corrected chi connectivity index (χ3v) is 9.15. The van der Waals surface area contributed by atoms with Crippen molar-refractivity contribution in [2.24, 2.45) is 5.92 Å². The van der Waals surface area contributed by atoms with E-state index in [-0.39, 0.29) is 27.5 Å². The van der Waals surface area contributed by atoms with Gasteiger partial charge in [0, 0.05) is 30.4 Å². The van der Waals surface area contributed by atoms with E-state index >= 15 is 4.39 Å². The first kappa shape index (κ1) is 29.7. The van der Waals surface area contributed by atoms with Crippen molar-refractivity contribution in [2.75, 3.05) is 13.7 Å². The van der Waals surface area contributed by atoms with Crippen molar-refractivity contribution >= 4 is 10.0 Å². The highest BCUT2D eigenvalue weighted by Crippen LogP contribution is 2.34. The van der Waals surface area contributed by atoms with Crippen LogP contribution < -0.4 is 14.8 Å². The van der Waals surface area contributed by atoms with Gasteiger partial charge in [0.15, 0.2) is 0 Å². The van der Waals surface area contributed by atoms with Gasteiger partial charge in [0.25, 0.3) is 10.0 Å². The Bertz CT molecular complexity index is 1650. The van der Waals surface area contributed by atoms with Gasteiger partial charge >= 0.3 is 0 Å². The Morgan fingerprint density at radius 3 is 2.33 bits per heavy atom. The van der Waals surface area contributed by atoms with Crippen LogP contribution in [0.4, 0.5) is 13.2 Å². The number of rotatable bonds is 11. The minimum Gasteiger partial charge on any atom is -0.493 e. The summed E-state index contributed by atoms with van der Waals surface area (Å²) in [6.45, 7) is 2.35. The molecule has 0 aliphatic heterocycles. The summed E-state index contributed by atoms with van der Waals surface area (Å²) in [6, 6.07) is 15.3. The van der Waals surface area contributed by atoms with Gasteiger partial charge in [0.2, 0.25) is 0 Å². The maximum absolute atomic E-state index is 15.6. The Labute approximate surface area is 244 Å². The van der Waals surface area contributed by atoms with Gasteiger partial charge in [-0.3, -0.25) is 0 Å². The van der Waals surface area contributed by atoms with E-state index in [9.17, 15) is 17.2 Å². The quantitative estimate of drug-likeness (QED) is 0.197. The molecular formula is C32H33F3N2O4S. The second-order valence-electron chi connectivity index (χ2n) is 10.5. The Balaban J connectivity index is 1.44. The smallest absolute Gasteiger partial charge is 0.268 e. The highest BCUT2D eigenvalue weighted by Gasteiger charge is 2.25. The molecule has 1 heterocycles. The third kappa shape index (κ3) is 6.34. The number of hydrogen-bond acceptors (Lipinski definition) is 5. The van der Waals surface area contributed by atoms with Crippen molar-refractivity contribution in [1.29, 1.82) is 0 Å². The van der Waals surface area contributed by atoms with Crippen molar-refractivity contribution in [1.82, 2.24) is 9.29 Å². The third-order valence-electron chi connectivity index (χ3n) is 7.48. The molecular weight excluding hydrogens is 565 g/mol. The van der Waals surface area contributed by atoms with E-state index in [1.807, 2.05) is 0 Å². The zero-order chi connectivity index (χ0) is 29.9. The van der Waals surface area contributed by atoms with Crippen LogP contribution >= 0.6 is 0 Å². The van der Waals surface area contributed by atoms with Crippen molar-refractivity contribution in [2.45, 2.75) is 50.2 Å². The van der Waals surface area contributed by atoms with E-state index in [0.29, 0.717) is 30.4 Å². The van der Waals surface area contributed by atoms with Crippen LogP contribution in [0.1, 0.15) is 49.8 Å². The molecule has 222 valence electrons. The molecule has 0 radical (unpaired) electrons. The van der Waals surface area contributed by atoms with Crippen molar-refractivity contribution < 1.29 is 31.1 Å². The Morgan fingerprint density at radius 2 is 1.64 bits per heavy atom. The number of nitrogens with one attached hydrogen (secondary N) is 1. The summed E-state index contributed by atoms with van der Waals surface area (Å²) in [5.41, 5.74) is 0.502. The van der Waals surface area contributed by atoms with Gasteiger partial charge in [-0.15, -0.1) is 0 Å². The number of hydrogen-bond donors (Lipinski definition) is 1. The summed E-state index contributed by atoms with van der Waals surface area (Å²) in [6.07, 6.45) is 4.99. The number of benzene rings is 3. The molecule has 1 aromatic heterocycles. The lowest BCUT2D eigenvalue weighted by Crippen LogP contribution is -2.14. The minimum atomic E-state index is -4.14. The average molecular weight is 599 g/mol. The topological polar surface area (TPSA) is 69.6 Å². The molecule has 0 saturated heterocycles. The van der Waals surface area contributed by atoms with Gasteiger partial charge in [0.05, 0.1) is 22.8 Å². The molecule has 1 N–H and O–H groups in total. The van der Waals surface area contributed by atoms with E-state index in [0.717, 1.165) is 35.0 Å². The van der Waals surface area contributed by atoms with E-state index in [2.05, 4.69) is 5.32 Å². The predicted octanol–water partition coefficient (Wildman–Crippen LogP) is 7.24. The van der Waals surface area contributed by atoms with Gasteiger partial charge in [-0.1, -0.05) is 25.0 Å². The van der Waals surface area contributed by atoms with Crippen LogP contribution in [-0.2, 0) is 16.6 Å². The monoisotopic (exact) mass is 598 g/mol. The summed E-state index contributed by atoms with van der Waals surface area (Å²) in [5, 5.41) is 2.99. The Morgan fingerprint density at radius 1 is 0.929 bits per heavy atom. The number of aromatic nitrogens is 1. The summed E-state index contributed by atoms with van der Waals surface area (Å²) < 4.78 is 84.3. The van der Waals surface area contributed by atoms with Crippen molar-refractivity contribution in [3.63, 3.8) is 0 Å². The molecule has 1 aliphatic rings. The lowest BCUT2D eigenvalue weighted by Gasteiger charge is -2.17. The molecule has 5 rings (SSSR count). The van der Waals surface area contributed by atoms with Crippen LogP contribution in [0.3, 0.4) is 0 Å². The lowest BCUT2D eigenvalue weighted by atomic mass is 10.1. The van der Waals surface area contributed by atoms with E-state index in [4.69, 9.17) is 9.47 Å². The maximum Gasteiger partial charge on any atom is 0.268 e. The maximum atomic E-state index is 15.6. The molecule has 6 nitrogen and oxygen atoms in total. The lowest BCUT2D eigenvalue weighted by molar-refractivity contribution is 0.214. The first-order chi connectivity index (χ1) is 20.2. The van der Waals surface area contributed by atoms with Crippen LogP contribution in [0.2, 0.25) is 0 Å². The summed E-state index contributed by atoms with van der Waals surface area (Å²) >= 11 is 0. The molecule has 0 bridgehead atoms. The highest BCUT2D eigenvalue weighted by molar-refractivity contribution is 7.90. The van der Waals surface area contributed by atoms with Crippen molar-refractivity contribution in [3.05, 3.63) is 102 Å². The first-order valence-corrected chi connectivity index (χ1v) is 15.4. The Kier molecular flexibility index (Phi) is 8.93. The molecule has 1 saturated carbocycles. The number of nitrogens with zero attached hydrogens (tertiary/aromatic N) is 1. The standard InChI is InChI=1S/C32H33F3N2O4S/c1-21(32-28(33)11-6-12-29(32)34)41-25-13-14-27(30(35)17-25)31-15-23(18-36-2)19-37(31)42(38,39)26-10-5-9-24(16-26)40-20-22-7-3-4-8-22/h5-6,9-17,19,21-22,36H,3-4,7-8,18,20H2,1-2H3. The zero-order valence-electron chi connectivity index (χ0n) is 23.4. The van der Waals surface area contributed by atoms with Gasteiger partial charge in [-0.25, -0.2) is 25.6 Å². The van der Waals surface area contributed by atoms with Gasteiger partial charge in [-0.05, 0) is 80.8 Å². The fraction of sp³-hybridized carbons (Fsp3) is 0.312. The molecule has 0 spiro atoms. The summed E-state index contributed by atoms with van der Waals surface area (Å²) in [7, 11) is -2.41. The van der Waals surface area contributed by atoms with Crippen LogP contribution in [0.5, 0.6) is 11.5 Å². The predicted molar refractivity (Wildman–Crippen MR) is 154 cm³/mol. The molecule has 10 heteroatoms. The molecule has 42 heavy (non-hydrogen) atoms. The molecule has 1 unspecified atom stereocenters. The van der Waals surface area contributed by atoms with Gasteiger partial charge in [0.1, 0.15) is 35.1 Å². The molecule has 1 aliphatic carbocycles. The van der Waals surface area contributed by atoms with Crippen LogP contribution in [0.25, 0.3) is 11.3 Å². The van der Waals surface area contributed by atoms with Crippen LogP contribution in [0.15, 0.2) is 77.8 Å². The molecule has 1 fully saturated rings. The van der Waals surface area contributed by atoms with E-state index < -0.39 is 33.6 Å². The van der Waals surface area contributed by atoms with Gasteiger partial charge in [-0.2, -0.15) is 0 Å². The summed E-state index contributed by atoms with van der Waals surface area (Å²) in [4.78, 5) is 0.0142. The molecule has 3 aromatic carbocycles. The number of ether oxygens (including phenoxy) is 2. The second-order valence-corrected chi connectivity index (χ2v) is 12.4. The first-order valence-electron chi connectivity index (χ1n) is 13.9. The van der Waals surface area contributed by atoms with E-state index in [1.165, 1.54) is 56.3 Å². The zero-order valence-corrected chi connectivity index (χ0v) is 24.3. The van der Waals surface area contributed by atoms with Crippen LogP contribution in [0, 0.1) is 23.4 Å². The normalized spacial score (nSPS) is 14.7.